The van der Waals surface area contributed by atoms with Gasteiger partial charge in [0.1, 0.15) is 0 Å². The Morgan fingerprint density at radius 2 is 2.33 bits per heavy atom. The van der Waals surface area contributed by atoms with Crippen LogP contribution in [0.1, 0.15) is 20.3 Å². The Labute approximate surface area is 74.2 Å². The fraction of sp³-hybridized carbons (Fsp3) is 1.00. The van der Waals surface area contributed by atoms with E-state index in [-0.39, 0.29) is 5.54 Å². The largest absolute Gasteiger partial charge is 0.381 e. The predicted molar refractivity (Wildman–Crippen MR) is 48.0 cm³/mol. The van der Waals surface area contributed by atoms with E-state index in [0.29, 0.717) is 12.5 Å². The minimum atomic E-state index is -0.209. The van der Waals surface area contributed by atoms with Crippen molar-refractivity contribution in [3.05, 3.63) is 0 Å². The Balaban J connectivity index is 2.02. The van der Waals surface area contributed by atoms with Crippen molar-refractivity contribution in [2.75, 3.05) is 26.4 Å². The van der Waals surface area contributed by atoms with Crippen LogP contribution in [0.4, 0.5) is 0 Å². The van der Waals surface area contributed by atoms with Crippen molar-refractivity contribution < 1.29 is 9.47 Å². The molecule has 1 fully saturated rings. The Bertz CT molecular complexity index is 125. The highest BCUT2D eigenvalue weighted by molar-refractivity contribution is 4.71. The molecule has 0 aliphatic carbocycles. The van der Waals surface area contributed by atoms with Gasteiger partial charge >= 0.3 is 0 Å². The van der Waals surface area contributed by atoms with Crippen LogP contribution < -0.4 is 5.73 Å². The van der Waals surface area contributed by atoms with E-state index in [2.05, 4.69) is 0 Å². The summed E-state index contributed by atoms with van der Waals surface area (Å²) in [6.07, 6.45) is 1.13. The summed E-state index contributed by atoms with van der Waals surface area (Å²) in [5, 5.41) is 0. The maximum Gasteiger partial charge on any atom is 0.0640 e. The fourth-order valence-electron chi connectivity index (χ4n) is 1.20. The van der Waals surface area contributed by atoms with Crippen LogP contribution in [0.5, 0.6) is 0 Å². The zero-order valence-corrected chi connectivity index (χ0v) is 8.01. The van der Waals surface area contributed by atoms with Gasteiger partial charge in [0.05, 0.1) is 19.8 Å². The lowest BCUT2D eigenvalue weighted by atomic mass is 10.1. The molecule has 1 unspecified atom stereocenters. The van der Waals surface area contributed by atoms with Crippen molar-refractivity contribution in [1.82, 2.24) is 0 Å². The van der Waals surface area contributed by atoms with Crippen LogP contribution in [0.25, 0.3) is 0 Å². The minimum Gasteiger partial charge on any atom is -0.381 e. The third kappa shape index (κ3) is 4.04. The monoisotopic (exact) mass is 173 g/mol. The lowest BCUT2D eigenvalue weighted by Crippen LogP contribution is -2.38. The van der Waals surface area contributed by atoms with Crippen molar-refractivity contribution in [2.45, 2.75) is 25.8 Å². The van der Waals surface area contributed by atoms with Crippen LogP contribution in [0.15, 0.2) is 0 Å². The quantitative estimate of drug-likeness (QED) is 0.683. The third-order valence-electron chi connectivity index (χ3n) is 1.85. The molecular formula is C9H19NO2. The normalized spacial score (nSPS) is 24.8. The van der Waals surface area contributed by atoms with E-state index in [9.17, 15) is 0 Å². The van der Waals surface area contributed by atoms with Crippen LogP contribution in [0.3, 0.4) is 0 Å². The highest BCUT2D eigenvalue weighted by Gasteiger charge is 2.17. The molecule has 1 aliphatic heterocycles. The molecule has 0 radical (unpaired) electrons. The summed E-state index contributed by atoms with van der Waals surface area (Å²) in [5.41, 5.74) is 5.56. The van der Waals surface area contributed by atoms with Gasteiger partial charge in [0.25, 0.3) is 0 Å². The third-order valence-corrected chi connectivity index (χ3v) is 1.85. The molecule has 1 atom stereocenters. The van der Waals surface area contributed by atoms with Crippen molar-refractivity contribution in [2.24, 2.45) is 11.7 Å². The molecule has 0 aromatic rings. The van der Waals surface area contributed by atoms with Crippen LogP contribution in [-0.2, 0) is 9.47 Å². The van der Waals surface area contributed by atoms with Crippen LogP contribution >= 0.6 is 0 Å². The highest BCUT2D eigenvalue weighted by atomic mass is 16.5. The van der Waals surface area contributed by atoms with Crippen LogP contribution in [0, 0.1) is 5.92 Å². The average Bonchev–Trinajstić information content (AvgIpc) is 2.36. The summed E-state index contributed by atoms with van der Waals surface area (Å²) in [5.74, 6) is 0.590. The smallest absolute Gasteiger partial charge is 0.0640 e. The van der Waals surface area contributed by atoms with Crippen molar-refractivity contribution in [3.63, 3.8) is 0 Å². The maximum absolute atomic E-state index is 5.76. The molecule has 3 heteroatoms. The molecule has 0 amide bonds. The molecule has 1 heterocycles. The average molecular weight is 173 g/mol. The van der Waals surface area contributed by atoms with Gasteiger partial charge in [0, 0.05) is 18.1 Å². The van der Waals surface area contributed by atoms with Gasteiger partial charge in [0.15, 0.2) is 0 Å². The van der Waals surface area contributed by atoms with Gasteiger partial charge in [0.2, 0.25) is 0 Å². The number of nitrogens with two attached hydrogens (primary N) is 1. The molecule has 72 valence electrons. The van der Waals surface area contributed by atoms with E-state index < -0.39 is 0 Å². The Kier molecular flexibility index (Phi) is 3.50. The number of ether oxygens (including phenoxy) is 2. The van der Waals surface area contributed by atoms with E-state index >= 15 is 0 Å². The number of hydrogen-bond donors (Lipinski definition) is 1. The zero-order valence-electron chi connectivity index (χ0n) is 8.01. The van der Waals surface area contributed by atoms with Gasteiger partial charge in [-0.3, -0.25) is 0 Å². The second-order valence-electron chi connectivity index (χ2n) is 4.23. The summed E-state index contributed by atoms with van der Waals surface area (Å²) in [6.45, 7) is 7.10. The van der Waals surface area contributed by atoms with Gasteiger partial charge in [-0.1, -0.05) is 0 Å². The molecule has 1 aliphatic rings. The first-order valence-electron chi connectivity index (χ1n) is 4.52. The first-order valence-corrected chi connectivity index (χ1v) is 4.52. The van der Waals surface area contributed by atoms with E-state index in [1.807, 2.05) is 13.8 Å². The molecule has 0 aromatic heterocycles. The first-order chi connectivity index (χ1) is 5.58. The molecule has 3 nitrogen and oxygen atoms in total. The lowest BCUT2D eigenvalue weighted by Gasteiger charge is -2.19. The first kappa shape index (κ1) is 9.96. The van der Waals surface area contributed by atoms with Crippen LogP contribution in [-0.4, -0.2) is 32.0 Å². The molecule has 1 rings (SSSR count). The molecular weight excluding hydrogens is 154 g/mol. The van der Waals surface area contributed by atoms with E-state index in [1.165, 1.54) is 0 Å². The maximum atomic E-state index is 5.76. The fourth-order valence-corrected chi connectivity index (χ4v) is 1.20. The van der Waals surface area contributed by atoms with Crippen molar-refractivity contribution in [3.8, 4) is 0 Å². The minimum absolute atomic E-state index is 0.209. The Hall–Kier alpha value is -0.120. The highest BCUT2D eigenvalue weighted by Crippen LogP contribution is 2.12. The second kappa shape index (κ2) is 4.21. The number of hydrogen-bond acceptors (Lipinski definition) is 3. The van der Waals surface area contributed by atoms with E-state index in [0.717, 1.165) is 26.2 Å². The van der Waals surface area contributed by atoms with Gasteiger partial charge in [-0.15, -0.1) is 0 Å². The SMILES string of the molecule is CC(C)(N)COCC1CCOC1. The zero-order chi connectivity index (χ0) is 9.03. The van der Waals surface area contributed by atoms with Crippen LogP contribution in [0.2, 0.25) is 0 Å². The van der Waals surface area contributed by atoms with Gasteiger partial charge in [-0.2, -0.15) is 0 Å². The molecule has 0 saturated carbocycles. The summed E-state index contributed by atoms with van der Waals surface area (Å²) < 4.78 is 10.7. The Morgan fingerprint density at radius 1 is 1.58 bits per heavy atom. The molecule has 2 N–H and O–H groups in total. The van der Waals surface area contributed by atoms with E-state index in [1.54, 1.807) is 0 Å². The molecule has 0 aromatic carbocycles. The predicted octanol–water partition coefficient (Wildman–Crippen LogP) is 0.777. The molecule has 12 heavy (non-hydrogen) atoms. The van der Waals surface area contributed by atoms with Crippen molar-refractivity contribution >= 4 is 0 Å². The number of rotatable bonds is 4. The summed E-state index contributed by atoms with van der Waals surface area (Å²) in [4.78, 5) is 0. The lowest BCUT2D eigenvalue weighted by molar-refractivity contribution is 0.0641. The van der Waals surface area contributed by atoms with Gasteiger partial charge in [-0.05, 0) is 20.3 Å². The Morgan fingerprint density at radius 3 is 2.83 bits per heavy atom. The van der Waals surface area contributed by atoms with Gasteiger partial charge < -0.3 is 15.2 Å². The molecule has 0 spiro atoms. The van der Waals surface area contributed by atoms with E-state index in [4.69, 9.17) is 15.2 Å². The van der Waals surface area contributed by atoms with Crippen molar-refractivity contribution in [1.29, 1.82) is 0 Å². The molecule has 0 bridgehead atoms. The topological polar surface area (TPSA) is 44.5 Å². The summed E-state index contributed by atoms with van der Waals surface area (Å²) in [6, 6.07) is 0. The van der Waals surface area contributed by atoms with Gasteiger partial charge in [-0.25, -0.2) is 0 Å². The standard InChI is InChI=1S/C9H19NO2/c1-9(2,10)7-12-6-8-3-4-11-5-8/h8H,3-7,10H2,1-2H3. The summed E-state index contributed by atoms with van der Waals surface area (Å²) >= 11 is 0. The second-order valence-corrected chi connectivity index (χ2v) is 4.23. The molecule has 1 saturated heterocycles. The summed E-state index contributed by atoms with van der Waals surface area (Å²) in [7, 11) is 0.